The molecule has 0 aliphatic heterocycles. The second kappa shape index (κ2) is 4.07. The average molecular weight is 222 g/mol. The average Bonchev–Trinajstić information content (AvgIpc) is 2.61. The minimum atomic E-state index is 0.390. The lowest BCUT2D eigenvalue weighted by Crippen LogP contribution is -1.82. The molecule has 0 amide bonds. The molecule has 0 spiro atoms. The summed E-state index contributed by atoms with van der Waals surface area (Å²) in [6, 6.07) is 8.16. The zero-order valence-corrected chi connectivity index (χ0v) is 9.51. The number of hydrogen-bond acceptors (Lipinski definition) is 2. The van der Waals surface area contributed by atoms with Crippen LogP contribution in [0, 0.1) is 13.8 Å². The zero-order chi connectivity index (χ0) is 10.8. The summed E-state index contributed by atoms with van der Waals surface area (Å²) in [5.74, 6) is 1.20. The maximum Gasteiger partial charge on any atom is 0.170 e. The van der Waals surface area contributed by atoms with Crippen molar-refractivity contribution in [2.45, 2.75) is 19.7 Å². The van der Waals surface area contributed by atoms with Gasteiger partial charge in [-0.25, -0.2) is 0 Å². The topological polar surface area (TPSA) is 26.0 Å². The summed E-state index contributed by atoms with van der Waals surface area (Å²) in [6.07, 6.45) is 0. The van der Waals surface area contributed by atoms with Gasteiger partial charge in [0.05, 0.1) is 5.88 Å². The first kappa shape index (κ1) is 10.2. The summed E-state index contributed by atoms with van der Waals surface area (Å²) in [5.41, 5.74) is 4.11. The molecule has 1 heterocycles. The van der Waals surface area contributed by atoms with Crippen molar-refractivity contribution in [3.05, 3.63) is 41.1 Å². The first-order valence-corrected chi connectivity index (χ1v) is 5.34. The van der Waals surface area contributed by atoms with Crippen molar-refractivity contribution in [3.63, 3.8) is 0 Å². The van der Waals surface area contributed by atoms with Gasteiger partial charge in [-0.1, -0.05) is 35.0 Å². The van der Waals surface area contributed by atoms with E-state index in [9.17, 15) is 0 Å². The molecular formula is C12H12ClNO. The maximum atomic E-state index is 5.74. The van der Waals surface area contributed by atoms with Crippen LogP contribution in [0.5, 0.6) is 0 Å². The molecule has 0 aliphatic carbocycles. The number of halogens is 1. The molecule has 15 heavy (non-hydrogen) atoms. The summed E-state index contributed by atoms with van der Waals surface area (Å²) in [5, 5.41) is 3.93. The molecule has 0 saturated heterocycles. The fourth-order valence-corrected chi connectivity index (χ4v) is 1.72. The summed E-state index contributed by atoms with van der Waals surface area (Å²) >= 11 is 5.74. The first-order chi connectivity index (χ1) is 7.22. The molecule has 1 aromatic carbocycles. The molecule has 0 radical (unpaired) electrons. The molecule has 0 aliphatic rings. The Morgan fingerprint density at radius 3 is 2.40 bits per heavy atom. The van der Waals surface area contributed by atoms with Crippen molar-refractivity contribution in [3.8, 4) is 11.3 Å². The standard InChI is InChI=1S/C12H12ClNO/c1-8-3-5-10(6-4-8)12-9(2)11(7-13)14-15-12/h3-6H,7H2,1-2H3. The number of benzene rings is 1. The van der Waals surface area contributed by atoms with Crippen molar-refractivity contribution < 1.29 is 4.52 Å². The number of hydrogen-bond donors (Lipinski definition) is 0. The first-order valence-electron chi connectivity index (χ1n) is 4.80. The van der Waals surface area contributed by atoms with Crippen LogP contribution in [0.1, 0.15) is 16.8 Å². The van der Waals surface area contributed by atoms with Crippen molar-refractivity contribution in [1.29, 1.82) is 0 Å². The molecular weight excluding hydrogens is 210 g/mol. The second-order valence-corrected chi connectivity index (χ2v) is 3.85. The molecule has 0 unspecified atom stereocenters. The molecule has 3 heteroatoms. The third kappa shape index (κ3) is 1.90. The minimum Gasteiger partial charge on any atom is -0.356 e. The van der Waals surface area contributed by atoms with Crippen molar-refractivity contribution >= 4 is 11.6 Å². The van der Waals surface area contributed by atoms with Gasteiger partial charge in [0.2, 0.25) is 0 Å². The lowest BCUT2D eigenvalue weighted by Gasteiger charge is -1.98. The molecule has 0 bridgehead atoms. The van der Waals surface area contributed by atoms with E-state index in [1.807, 2.05) is 19.1 Å². The predicted molar refractivity (Wildman–Crippen MR) is 61.0 cm³/mol. The highest BCUT2D eigenvalue weighted by atomic mass is 35.5. The van der Waals surface area contributed by atoms with Gasteiger partial charge in [-0.05, 0) is 13.8 Å². The largest absolute Gasteiger partial charge is 0.356 e. The van der Waals surface area contributed by atoms with Gasteiger partial charge in [-0.2, -0.15) is 0 Å². The van der Waals surface area contributed by atoms with E-state index in [4.69, 9.17) is 16.1 Å². The smallest absolute Gasteiger partial charge is 0.170 e. The molecule has 0 saturated carbocycles. The highest BCUT2D eigenvalue weighted by Crippen LogP contribution is 2.26. The normalized spacial score (nSPS) is 10.6. The van der Waals surface area contributed by atoms with Gasteiger partial charge in [-0.15, -0.1) is 11.6 Å². The van der Waals surface area contributed by atoms with Gasteiger partial charge < -0.3 is 4.52 Å². The zero-order valence-electron chi connectivity index (χ0n) is 8.75. The monoisotopic (exact) mass is 221 g/mol. The van der Waals surface area contributed by atoms with E-state index in [2.05, 4.69) is 24.2 Å². The Bertz CT molecular complexity index is 459. The van der Waals surface area contributed by atoms with Crippen LogP contribution in [0.25, 0.3) is 11.3 Å². The number of aromatic nitrogens is 1. The lowest BCUT2D eigenvalue weighted by molar-refractivity contribution is 0.426. The lowest BCUT2D eigenvalue weighted by atomic mass is 10.1. The number of rotatable bonds is 2. The van der Waals surface area contributed by atoms with Crippen molar-refractivity contribution in [2.75, 3.05) is 0 Å². The van der Waals surface area contributed by atoms with E-state index in [1.54, 1.807) is 0 Å². The fourth-order valence-electron chi connectivity index (χ4n) is 1.47. The van der Waals surface area contributed by atoms with E-state index in [0.717, 1.165) is 22.6 Å². The molecule has 2 nitrogen and oxygen atoms in total. The van der Waals surface area contributed by atoms with Gasteiger partial charge in [0.25, 0.3) is 0 Å². The molecule has 0 N–H and O–H groups in total. The quantitative estimate of drug-likeness (QED) is 0.723. The Kier molecular flexibility index (Phi) is 2.78. The van der Waals surface area contributed by atoms with Crippen LogP contribution in [0.2, 0.25) is 0 Å². The van der Waals surface area contributed by atoms with Crippen molar-refractivity contribution in [1.82, 2.24) is 5.16 Å². The van der Waals surface area contributed by atoms with Crippen LogP contribution in [0.4, 0.5) is 0 Å². The third-order valence-electron chi connectivity index (χ3n) is 2.46. The molecule has 0 fully saturated rings. The molecule has 2 rings (SSSR count). The van der Waals surface area contributed by atoms with E-state index in [0.29, 0.717) is 5.88 Å². The molecule has 78 valence electrons. The predicted octanol–water partition coefficient (Wildman–Crippen LogP) is 3.70. The van der Waals surface area contributed by atoms with Gasteiger partial charge in [-0.3, -0.25) is 0 Å². The Labute approximate surface area is 93.9 Å². The summed E-state index contributed by atoms with van der Waals surface area (Å²) in [6.45, 7) is 4.03. The Morgan fingerprint density at radius 2 is 1.87 bits per heavy atom. The fraction of sp³-hybridized carbons (Fsp3) is 0.250. The maximum absolute atomic E-state index is 5.74. The SMILES string of the molecule is Cc1ccc(-c2onc(CCl)c2C)cc1. The van der Waals surface area contributed by atoms with Crippen LogP contribution in [0.3, 0.4) is 0 Å². The van der Waals surface area contributed by atoms with E-state index < -0.39 is 0 Å². The van der Waals surface area contributed by atoms with E-state index >= 15 is 0 Å². The second-order valence-electron chi connectivity index (χ2n) is 3.58. The molecule has 2 aromatic rings. The Balaban J connectivity index is 2.45. The highest BCUT2D eigenvalue weighted by molar-refractivity contribution is 6.17. The van der Waals surface area contributed by atoms with Crippen LogP contribution in [0.15, 0.2) is 28.8 Å². The molecule has 1 aromatic heterocycles. The van der Waals surface area contributed by atoms with Crippen LogP contribution in [-0.4, -0.2) is 5.16 Å². The minimum absolute atomic E-state index is 0.390. The van der Waals surface area contributed by atoms with Crippen LogP contribution >= 0.6 is 11.6 Å². The summed E-state index contributed by atoms with van der Waals surface area (Å²) in [7, 11) is 0. The summed E-state index contributed by atoms with van der Waals surface area (Å²) < 4.78 is 5.28. The number of nitrogens with zero attached hydrogens (tertiary/aromatic N) is 1. The third-order valence-corrected chi connectivity index (χ3v) is 2.71. The highest BCUT2D eigenvalue weighted by Gasteiger charge is 2.12. The number of alkyl halides is 1. The summed E-state index contributed by atoms with van der Waals surface area (Å²) in [4.78, 5) is 0. The molecule has 0 atom stereocenters. The van der Waals surface area contributed by atoms with E-state index in [-0.39, 0.29) is 0 Å². The van der Waals surface area contributed by atoms with Gasteiger partial charge in [0.1, 0.15) is 5.69 Å². The Morgan fingerprint density at radius 1 is 1.20 bits per heavy atom. The van der Waals surface area contributed by atoms with Gasteiger partial charge >= 0.3 is 0 Å². The van der Waals surface area contributed by atoms with Crippen molar-refractivity contribution in [2.24, 2.45) is 0 Å². The Hall–Kier alpha value is -1.28. The van der Waals surface area contributed by atoms with Crippen LogP contribution < -0.4 is 0 Å². The number of aryl methyl sites for hydroxylation is 1. The van der Waals surface area contributed by atoms with Gasteiger partial charge in [0.15, 0.2) is 5.76 Å². The van der Waals surface area contributed by atoms with E-state index in [1.165, 1.54) is 5.56 Å². The van der Waals surface area contributed by atoms with Crippen LogP contribution in [-0.2, 0) is 5.88 Å². The van der Waals surface area contributed by atoms with Gasteiger partial charge in [0, 0.05) is 11.1 Å².